The Labute approximate surface area is 148 Å². The largest absolute Gasteiger partial charge is 0.271 e. The molecule has 0 radical (unpaired) electrons. The summed E-state index contributed by atoms with van der Waals surface area (Å²) in [5.41, 5.74) is 2.83. The fourth-order valence-electron chi connectivity index (χ4n) is 2.17. The Balaban J connectivity index is 1.87. The first-order valence-electron chi connectivity index (χ1n) is 6.90. The van der Waals surface area contributed by atoms with E-state index in [0.717, 1.165) is 28.1 Å². The Morgan fingerprint density at radius 3 is 2.48 bits per heavy atom. The van der Waals surface area contributed by atoms with Gasteiger partial charge in [-0.3, -0.25) is 9.67 Å². The first-order valence-corrected chi connectivity index (χ1v) is 8.67. The number of halogens is 1. The molecule has 0 fully saturated rings. The van der Waals surface area contributed by atoms with Crippen molar-refractivity contribution in [1.29, 1.82) is 0 Å². The van der Waals surface area contributed by atoms with Crippen molar-refractivity contribution in [3.05, 3.63) is 57.3 Å². The number of aryl methyl sites for hydroxylation is 2. The third kappa shape index (κ3) is 3.80. The molecule has 1 aromatic carbocycles. The SMILES string of the molecule is Cc1cc(C)nc(SCc2n[nH]c(=S)n2-c2ccc(Cl)cc2)n1. The Morgan fingerprint density at radius 1 is 1.17 bits per heavy atom. The van der Waals surface area contributed by atoms with Crippen molar-refractivity contribution in [1.82, 2.24) is 24.7 Å². The molecule has 5 nitrogen and oxygen atoms in total. The van der Waals surface area contributed by atoms with Crippen molar-refractivity contribution in [2.24, 2.45) is 0 Å². The van der Waals surface area contributed by atoms with Crippen molar-refractivity contribution < 1.29 is 0 Å². The summed E-state index contributed by atoms with van der Waals surface area (Å²) < 4.78 is 2.44. The minimum absolute atomic E-state index is 0.546. The molecule has 3 rings (SSSR count). The van der Waals surface area contributed by atoms with E-state index in [4.69, 9.17) is 23.8 Å². The molecule has 3 aromatic rings. The highest BCUT2D eigenvalue weighted by Gasteiger charge is 2.10. The predicted octanol–water partition coefficient (Wildman–Crippen LogP) is 4.28. The quantitative estimate of drug-likeness (QED) is 0.426. The van der Waals surface area contributed by atoms with E-state index in [9.17, 15) is 0 Å². The monoisotopic (exact) mass is 363 g/mol. The molecule has 0 aliphatic heterocycles. The van der Waals surface area contributed by atoms with Crippen LogP contribution in [0, 0.1) is 18.6 Å². The molecule has 23 heavy (non-hydrogen) atoms. The van der Waals surface area contributed by atoms with Gasteiger partial charge in [0.2, 0.25) is 0 Å². The Hall–Kier alpha value is -1.70. The van der Waals surface area contributed by atoms with Gasteiger partial charge in [-0.1, -0.05) is 23.4 Å². The average molecular weight is 364 g/mol. The van der Waals surface area contributed by atoms with Crippen LogP contribution < -0.4 is 0 Å². The summed E-state index contributed by atoms with van der Waals surface area (Å²) in [6.45, 7) is 3.92. The van der Waals surface area contributed by atoms with Crippen LogP contribution in [0.4, 0.5) is 0 Å². The van der Waals surface area contributed by atoms with Crippen LogP contribution in [0.25, 0.3) is 5.69 Å². The maximum atomic E-state index is 5.94. The minimum Gasteiger partial charge on any atom is -0.271 e. The predicted molar refractivity (Wildman–Crippen MR) is 94.8 cm³/mol. The van der Waals surface area contributed by atoms with Crippen molar-refractivity contribution >= 4 is 35.6 Å². The third-order valence-corrected chi connectivity index (χ3v) is 4.49. The minimum atomic E-state index is 0.546. The van der Waals surface area contributed by atoms with Gasteiger partial charge < -0.3 is 0 Å². The number of benzene rings is 1. The number of thioether (sulfide) groups is 1. The average Bonchev–Trinajstić information content (AvgIpc) is 2.86. The van der Waals surface area contributed by atoms with E-state index >= 15 is 0 Å². The van der Waals surface area contributed by atoms with E-state index in [-0.39, 0.29) is 0 Å². The number of aromatic amines is 1. The van der Waals surface area contributed by atoms with Crippen LogP contribution >= 0.6 is 35.6 Å². The molecule has 0 unspecified atom stereocenters. The summed E-state index contributed by atoms with van der Waals surface area (Å²) >= 11 is 12.8. The highest BCUT2D eigenvalue weighted by atomic mass is 35.5. The number of hydrogen-bond donors (Lipinski definition) is 1. The molecule has 1 N–H and O–H groups in total. The van der Waals surface area contributed by atoms with E-state index in [1.807, 2.05) is 48.7 Å². The number of nitrogens with zero attached hydrogens (tertiary/aromatic N) is 4. The van der Waals surface area contributed by atoms with E-state index in [1.165, 1.54) is 11.8 Å². The second-order valence-corrected chi connectivity index (χ2v) is 6.74. The van der Waals surface area contributed by atoms with Gasteiger partial charge >= 0.3 is 0 Å². The summed E-state index contributed by atoms with van der Waals surface area (Å²) in [5, 5.41) is 8.57. The van der Waals surface area contributed by atoms with Gasteiger partial charge in [0.15, 0.2) is 9.93 Å². The van der Waals surface area contributed by atoms with Crippen molar-refractivity contribution in [2.45, 2.75) is 24.8 Å². The smallest absolute Gasteiger partial charge is 0.199 e. The molecular weight excluding hydrogens is 350 g/mol. The number of H-pyrrole nitrogens is 1. The molecule has 0 atom stereocenters. The Morgan fingerprint density at radius 2 is 1.83 bits per heavy atom. The van der Waals surface area contributed by atoms with Gasteiger partial charge in [0, 0.05) is 22.1 Å². The summed E-state index contributed by atoms with van der Waals surface area (Å²) in [7, 11) is 0. The Bertz CT molecular complexity index is 865. The first-order chi connectivity index (χ1) is 11.0. The third-order valence-electron chi connectivity index (χ3n) is 3.12. The Kier molecular flexibility index (Phi) is 4.79. The zero-order valence-corrected chi connectivity index (χ0v) is 15.0. The molecular formula is C15H14ClN5S2. The number of rotatable bonds is 4. The molecule has 0 aliphatic carbocycles. The van der Waals surface area contributed by atoms with E-state index < -0.39 is 0 Å². The zero-order chi connectivity index (χ0) is 16.4. The lowest BCUT2D eigenvalue weighted by molar-refractivity contribution is 0.893. The van der Waals surface area contributed by atoms with Crippen LogP contribution in [-0.2, 0) is 5.75 Å². The lowest BCUT2D eigenvalue weighted by Gasteiger charge is -2.07. The normalized spacial score (nSPS) is 10.9. The second-order valence-electron chi connectivity index (χ2n) is 4.98. The number of nitrogens with one attached hydrogen (secondary N) is 1. The summed E-state index contributed by atoms with van der Waals surface area (Å²) in [6.07, 6.45) is 0. The summed E-state index contributed by atoms with van der Waals surface area (Å²) in [5.74, 6) is 1.42. The lowest BCUT2D eigenvalue weighted by atomic mass is 10.3. The van der Waals surface area contributed by atoms with Crippen LogP contribution in [0.3, 0.4) is 0 Å². The molecule has 0 saturated heterocycles. The van der Waals surface area contributed by atoms with Crippen LogP contribution in [0.5, 0.6) is 0 Å². The highest BCUT2D eigenvalue weighted by Crippen LogP contribution is 2.22. The maximum Gasteiger partial charge on any atom is 0.199 e. The van der Waals surface area contributed by atoms with Gasteiger partial charge in [-0.05, 0) is 56.4 Å². The number of aromatic nitrogens is 5. The van der Waals surface area contributed by atoms with Crippen LogP contribution in [-0.4, -0.2) is 24.7 Å². The molecule has 2 heterocycles. The van der Waals surface area contributed by atoms with Gasteiger partial charge in [-0.2, -0.15) is 5.10 Å². The topological polar surface area (TPSA) is 59.4 Å². The molecule has 118 valence electrons. The van der Waals surface area contributed by atoms with Gasteiger partial charge in [-0.15, -0.1) is 0 Å². The lowest BCUT2D eigenvalue weighted by Crippen LogP contribution is -2.01. The molecule has 0 amide bonds. The van der Waals surface area contributed by atoms with E-state index in [0.29, 0.717) is 15.5 Å². The highest BCUT2D eigenvalue weighted by molar-refractivity contribution is 7.98. The first kappa shape index (κ1) is 16.2. The van der Waals surface area contributed by atoms with E-state index in [2.05, 4.69) is 20.2 Å². The van der Waals surface area contributed by atoms with Crippen molar-refractivity contribution in [3.63, 3.8) is 0 Å². The van der Waals surface area contributed by atoms with E-state index in [1.54, 1.807) is 0 Å². The zero-order valence-electron chi connectivity index (χ0n) is 12.6. The molecule has 0 spiro atoms. The molecule has 0 saturated carbocycles. The van der Waals surface area contributed by atoms with Gasteiger partial charge in [0.05, 0.1) is 5.75 Å². The fourth-order valence-corrected chi connectivity index (χ4v) is 3.42. The summed E-state index contributed by atoms with van der Waals surface area (Å²) in [6, 6.07) is 9.43. The molecule has 0 bridgehead atoms. The van der Waals surface area contributed by atoms with Gasteiger partial charge in [0.25, 0.3) is 0 Å². The fraction of sp³-hybridized carbons (Fsp3) is 0.200. The molecule has 0 aliphatic rings. The summed E-state index contributed by atoms with van der Waals surface area (Å²) in [4.78, 5) is 8.86. The molecule has 2 aromatic heterocycles. The van der Waals surface area contributed by atoms with Crippen molar-refractivity contribution in [2.75, 3.05) is 0 Å². The van der Waals surface area contributed by atoms with Crippen LogP contribution in [0.2, 0.25) is 5.02 Å². The van der Waals surface area contributed by atoms with Crippen molar-refractivity contribution in [3.8, 4) is 5.69 Å². The van der Waals surface area contributed by atoms with Gasteiger partial charge in [-0.25, -0.2) is 9.97 Å². The van der Waals surface area contributed by atoms with Crippen LogP contribution in [0.1, 0.15) is 17.2 Å². The molecule has 8 heteroatoms. The van der Waals surface area contributed by atoms with Gasteiger partial charge in [0.1, 0.15) is 5.82 Å². The number of hydrogen-bond acceptors (Lipinski definition) is 5. The second kappa shape index (κ2) is 6.82. The standard InChI is InChI=1S/C15H14ClN5S2/c1-9-7-10(2)18-14(17-9)23-8-13-19-20-15(22)21(13)12-5-3-11(16)4-6-12/h3-7H,8H2,1-2H3,(H,20,22). The maximum absolute atomic E-state index is 5.94. The van der Waals surface area contributed by atoms with Crippen LogP contribution in [0.15, 0.2) is 35.5 Å².